The Bertz CT molecular complexity index is 1130. The number of aromatic nitrogens is 1. The number of hydrogen-bond acceptors (Lipinski definition) is 6. The molecule has 0 aliphatic carbocycles. The number of carbonyl (C=O) groups is 3. The lowest BCUT2D eigenvalue weighted by Gasteiger charge is -2.21. The molecule has 0 radical (unpaired) electrons. The average Bonchev–Trinajstić information content (AvgIpc) is 2.95. The van der Waals surface area contributed by atoms with Crippen LogP contribution in [0.2, 0.25) is 0 Å². The number of nitrogen functional groups attached to an aromatic ring is 1. The quantitative estimate of drug-likeness (QED) is 0.273. The number of amides is 3. The van der Waals surface area contributed by atoms with Crippen molar-refractivity contribution < 1.29 is 24.7 Å². The summed E-state index contributed by atoms with van der Waals surface area (Å²) in [5.74, 6) is -2.63. The fourth-order valence-electron chi connectivity index (χ4n) is 3.44. The van der Waals surface area contributed by atoms with Crippen LogP contribution in [0.5, 0.6) is 0 Å². The summed E-state index contributed by atoms with van der Waals surface area (Å²) in [5.41, 5.74) is 8.48. The van der Waals surface area contributed by atoms with E-state index < -0.39 is 29.0 Å². The summed E-state index contributed by atoms with van der Waals surface area (Å²) < 4.78 is 0. The van der Waals surface area contributed by atoms with E-state index in [1.165, 1.54) is 0 Å². The third kappa shape index (κ3) is 2.44. The van der Waals surface area contributed by atoms with Gasteiger partial charge in [0.15, 0.2) is 0 Å². The number of imide groups is 1. The van der Waals surface area contributed by atoms with E-state index >= 15 is 0 Å². The van der Waals surface area contributed by atoms with E-state index in [1.807, 2.05) is 24.3 Å². The molecule has 0 spiro atoms. The van der Waals surface area contributed by atoms with Crippen molar-refractivity contribution in [1.82, 2.24) is 15.2 Å². The summed E-state index contributed by atoms with van der Waals surface area (Å²) in [4.78, 5) is 40.3. The standard InChI is InChI=1S/C18H14N4O5/c19-16-10-4-1-2-6-12(10)20-13-7-3-5-9(15(13)16)11-8-14(23)21(17(11)24)22(27)18(25)26/h1-7,11,27H,8H2,(H2,19,20)(H,25,26). The van der Waals surface area contributed by atoms with Crippen LogP contribution in [-0.4, -0.2) is 43.4 Å². The van der Waals surface area contributed by atoms with Crippen LogP contribution in [-0.2, 0) is 9.59 Å². The Hall–Kier alpha value is -3.72. The number of para-hydroxylation sites is 1. The van der Waals surface area contributed by atoms with Crippen LogP contribution in [0.15, 0.2) is 42.5 Å². The number of hydroxylamine groups is 1. The Balaban J connectivity index is 1.90. The molecule has 1 aromatic heterocycles. The maximum atomic E-state index is 12.7. The highest BCUT2D eigenvalue weighted by atomic mass is 16.6. The number of rotatable bonds is 2. The van der Waals surface area contributed by atoms with Crippen LogP contribution in [0.1, 0.15) is 17.9 Å². The van der Waals surface area contributed by atoms with Crippen LogP contribution >= 0.6 is 0 Å². The summed E-state index contributed by atoms with van der Waals surface area (Å²) in [7, 11) is 0. The Morgan fingerprint density at radius 2 is 1.85 bits per heavy atom. The second-order valence-electron chi connectivity index (χ2n) is 6.16. The second-order valence-corrected chi connectivity index (χ2v) is 6.16. The van der Waals surface area contributed by atoms with Gasteiger partial charge in [-0.2, -0.15) is 5.01 Å². The van der Waals surface area contributed by atoms with Crippen LogP contribution in [0.4, 0.5) is 10.5 Å². The minimum atomic E-state index is -1.83. The first-order valence-electron chi connectivity index (χ1n) is 8.05. The minimum Gasteiger partial charge on any atom is -0.462 e. The molecule has 3 aromatic rings. The first-order valence-corrected chi connectivity index (χ1v) is 8.05. The van der Waals surface area contributed by atoms with Gasteiger partial charge in [0, 0.05) is 17.2 Å². The predicted octanol–water partition coefficient (Wildman–Crippen LogP) is 2.10. The van der Waals surface area contributed by atoms with Crippen molar-refractivity contribution in [3.63, 3.8) is 0 Å². The van der Waals surface area contributed by atoms with Gasteiger partial charge < -0.3 is 10.8 Å². The van der Waals surface area contributed by atoms with Crippen molar-refractivity contribution in [2.75, 3.05) is 5.73 Å². The van der Waals surface area contributed by atoms with Gasteiger partial charge in [0.2, 0.25) is 0 Å². The third-order valence-corrected chi connectivity index (χ3v) is 4.64. The molecule has 2 heterocycles. The summed E-state index contributed by atoms with van der Waals surface area (Å²) in [6.07, 6.45) is -2.11. The zero-order valence-electron chi connectivity index (χ0n) is 13.9. The minimum absolute atomic E-state index is 0.219. The molecule has 1 fully saturated rings. The molecule has 27 heavy (non-hydrogen) atoms. The number of hydrazine groups is 1. The zero-order valence-corrected chi connectivity index (χ0v) is 13.9. The Morgan fingerprint density at radius 3 is 2.59 bits per heavy atom. The van der Waals surface area contributed by atoms with Gasteiger partial charge in [-0.05, 0) is 17.7 Å². The predicted molar refractivity (Wildman–Crippen MR) is 94.5 cm³/mol. The lowest BCUT2D eigenvalue weighted by atomic mass is 9.92. The van der Waals surface area contributed by atoms with E-state index in [2.05, 4.69) is 4.98 Å². The van der Waals surface area contributed by atoms with Gasteiger partial charge in [0.1, 0.15) is 0 Å². The highest BCUT2D eigenvalue weighted by Gasteiger charge is 2.45. The van der Waals surface area contributed by atoms with Gasteiger partial charge in [-0.3, -0.25) is 14.8 Å². The number of carbonyl (C=O) groups excluding carboxylic acids is 2. The maximum Gasteiger partial charge on any atom is 0.452 e. The molecule has 0 saturated carbocycles. The highest BCUT2D eigenvalue weighted by molar-refractivity contribution is 6.12. The molecule has 1 atom stereocenters. The summed E-state index contributed by atoms with van der Waals surface area (Å²) in [6, 6.07) is 12.4. The molecule has 4 rings (SSSR count). The number of anilines is 1. The molecule has 4 N–H and O–H groups in total. The second kappa shape index (κ2) is 5.92. The monoisotopic (exact) mass is 366 g/mol. The van der Waals surface area contributed by atoms with Gasteiger partial charge in [0.05, 0.1) is 22.6 Å². The molecule has 1 saturated heterocycles. The molecule has 1 unspecified atom stereocenters. The maximum absolute atomic E-state index is 12.7. The topological polar surface area (TPSA) is 137 Å². The first-order chi connectivity index (χ1) is 12.9. The van der Waals surface area contributed by atoms with Crippen molar-refractivity contribution in [2.24, 2.45) is 0 Å². The van der Waals surface area contributed by atoms with Crippen molar-refractivity contribution in [3.05, 3.63) is 48.0 Å². The number of pyridine rings is 1. The first kappa shape index (κ1) is 16.7. The Morgan fingerprint density at radius 1 is 1.15 bits per heavy atom. The Kier molecular flexibility index (Phi) is 3.67. The molecular formula is C18H14N4O5. The van der Waals surface area contributed by atoms with Crippen molar-refractivity contribution in [3.8, 4) is 0 Å². The Labute approximate surface area is 152 Å². The average molecular weight is 366 g/mol. The van der Waals surface area contributed by atoms with Gasteiger partial charge in [-0.1, -0.05) is 35.5 Å². The fourth-order valence-corrected chi connectivity index (χ4v) is 3.44. The molecule has 136 valence electrons. The summed E-state index contributed by atoms with van der Waals surface area (Å²) >= 11 is 0. The smallest absolute Gasteiger partial charge is 0.452 e. The van der Waals surface area contributed by atoms with Gasteiger partial charge in [-0.15, -0.1) is 0 Å². The zero-order chi connectivity index (χ0) is 19.3. The molecule has 0 bridgehead atoms. The van der Waals surface area contributed by atoms with E-state index in [4.69, 9.17) is 10.8 Å². The van der Waals surface area contributed by atoms with Crippen molar-refractivity contribution >= 4 is 45.4 Å². The highest BCUT2D eigenvalue weighted by Crippen LogP contribution is 2.38. The lowest BCUT2D eigenvalue weighted by molar-refractivity contribution is -0.209. The fraction of sp³-hybridized carbons (Fsp3) is 0.111. The number of benzene rings is 2. The van der Waals surface area contributed by atoms with E-state index in [9.17, 15) is 19.6 Å². The van der Waals surface area contributed by atoms with Crippen LogP contribution < -0.4 is 5.73 Å². The number of nitrogens with zero attached hydrogens (tertiary/aromatic N) is 3. The normalized spacial score (nSPS) is 17.1. The number of fused-ring (bicyclic) bond motifs is 2. The summed E-state index contributed by atoms with van der Waals surface area (Å²) in [5, 5.41) is 19.5. The number of nitrogens with two attached hydrogens (primary N) is 1. The molecule has 9 nitrogen and oxygen atoms in total. The SMILES string of the molecule is Nc1c2ccccc2nc2cccc(C3CC(=O)N(N(O)C(=O)O)C3=O)c12. The number of hydrogen-bond donors (Lipinski definition) is 3. The van der Waals surface area contributed by atoms with E-state index in [0.717, 1.165) is 0 Å². The van der Waals surface area contributed by atoms with Crippen molar-refractivity contribution in [2.45, 2.75) is 12.3 Å². The van der Waals surface area contributed by atoms with Gasteiger partial charge >= 0.3 is 6.09 Å². The molecule has 1 aliphatic heterocycles. The van der Waals surface area contributed by atoms with E-state index in [-0.39, 0.29) is 11.4 Å². The van der Waals surface area contributed by atoms with Crippen LogP contribution in [0, 0.1) is 0 Å². The van der Waals surface area contributed by atoms with Crippen LogP contribution in [0.3, 0.4) is 0 Å². The van der Waals surface area contributed by atoms with Crippen LogP contribution in [0.25, 0.3) is 21.8 Å². The summed E-state index contributed by atoms with van der Waals surface area (Å²) in [6.45, 7) is 0. The number of carboxylic acid groups (broad SMARTS) is 1. The molecule has 3 amide bonds. The molecular weight excluding hydrogens is 352 g/mol. The lowest BCUT2D eigenvalue weighted by Crippen LogP contribution is -2.47. The van der Waals surface area contributed by atoms with Gasteiger partial charge in [-0.25, -0.2) is 9.78 Å². The van der Waals surface area contributed by atoms with E-state index in [1.54, 1.807) is 18.2 Å². The molecule has 1 aliphatic rings. The largest absolute Gasteiger partial charge is 0.462 e. The molecule has 2 aromatic carbocycles. The third-order valence-electron chi connectivity index (χ3n) is 4.64. The van der Waals surface area contributed by atoms with Crippen molar-refractivity contribution in [1.29, 1.82) is 0 Å². The van der Waals surface area contributed by atoms with Gasteiger partial charge in [0.25, 0.3) is 11.8 Å². The molecule has 9 heteroatoms. The van der Waals surface area contributed by atoms with E-state index in [0.29, 0.717) is 33.1 Å².